The Kier molecular flexibility index (Phi) is 5.72. The Morgan fingerprint density at radius 3 is 1.88 bits per heavy atom. The Balaban J connectivity index is 0. The molecule has 0 rings (SSSR count). The van der Waals surface area contributed by atoms with Gasteiger partial charge in [-0.05, 0) is 0 Å². The van der Waals surface area contributed by atoms with Crippen LogP contribution in [0.5, 0.6) is 0 Å². The quantitative estimate of drug-likeness (QED) is 0.390. The molecule has 0 radical (unpaired) electrons. The van der Waals surface area contributed by atoms with Gasteiger partial charge in [0.2, 0.25) is 0 Å². The van der Waals surface area contributed by atoms with Crippen molar-refractivity contribution in [1.29, 1.82) is 0 Å². The maximum absolute atomic E-state index is 9.74. The monoisotopic (exact) mass is 159 g/mol. The zero-order valence-electron chi connectivity index (χ0n) is 4.24. The maximum Gasteiger partial charge on any atom is 0.265 e. The molecule has 0 unspecified atom stereocenters. The Labute approximate surface area is 54.0 Å². The van der Waals surface area contributed by atoms with Crippen LogP contribution in [0.25, 0.3) is 0 Å². The van der Waals surface area contributed by atoms with Crippen LogP contribution < -0.4 is 6.15 Å². The predicted octanol–water partition coefficient (Wildman–Crippen LogP) is -0.0340. The Bertz CT molecular complexity index is 128. The van der Waals surface area contributed by atoms with Crippen LogP contribution in [-0.2, 0) is 10.1 Å². The normalized spacial score (nSPS) is 10.2. The van der Waals surface area contributed by atoms with E-state index in [4.69, 9.17) is 4.55 Å². The highest BCUT2D eigenvalue weighted by atomic mass is 32.2. The average Bonchev–Trinajstić information content (AvgIpc) is 1.30. The van der Waals surface area contributed by atoms with Crippen molar-refractivity contribution >= 4 is 22.7 Å². The summed E-state index contributed by atoms with van der Waals surface area (Å²) < 4.78 is 27.4. The minimum atomic E-state index is -3.75. The summed E-state index contributed by atoms with van der Waals surface area (Å²) in [4.78, 5) is 0. The van der Waals surface area contributed by atoms with Gasteiger partial charge in [-0.1, -0.05) is 0 Å². The average molecular weight is 159 g/mol. The molecule has 0 aromatic carbocycles. The van der Waals surface area contributed by atoms with Gasteiger partial charge in [0, 0.05) is 5.75 Å². The van der Waals surface area contributed by atoms with Crippen LogP contribution >= 0.6 is 12.6 Å². The van der Waals surface area contributed by atoms with Gasteiger partial charge >= 0.3 is 0 Å². The number of hydrogen-bond donors (Lipinski definition) is 3. The van der Waals surface area contributed by atoms with E-state index >= 15 is 0 Å². The SMILES string of the molecule is N.O=S(=O)(O)CCS. The van der Waals surface area contributed by atoms with Gasteiger partial charge < -0.3 is 6.15 Å². The van der Waals surface area contributed by atoms with E-state index in [2.05, 4.69) is 12.6 Å². The molecule has 0 aliphatic rings. The second-order valence-electron chi connectivity index (χ2n) is 1.01. The number of rotatable bonds is 2. The summed E-state index contributed by atoms with van der Waals surface area (Å²) in [6.45, 7) is 0. The van der Waals surface area contributed by atoms with E-state index in [0.717, 1.165) is 0 Å². The third-order valence-electron chi connectivity index (χ3n) is 0.349. The smallest absolute Gasteiger partial charge is 0.265 e. The molecule has 0 atom stereocenters. The minimum absolute atomic E-state index is 0. The first-order valence-electron chi connectivity index (χ1n) is 1.62. The van der Waals surface area contributed by atoms with Crippen LogP contribution in [0.1, 0.15) is 0 Å². The molecule has 0 aliphatic carbocycles. The third-order valence-corrected chi connectivity index (χ3v) is 1.60. The molecule has 0 saturated heterocycles. The first kappa shape index (κ1) is 11.1. The molecule has 0 aromatic rings. The zero-order valence-corrected chi connectivity index (χ0v) is 5.95. The number of hydrogen-bond acceptors (Lipinski definition) is 4. The van der Waals surface area contributed by atoms with Crippen LogP contribution in [0.3, 0.4) is 0 Å². The lowest BCUT2D eigenvalue weighted by Gasteiger charge is -1.85. The fourth-order valence-electron chi connectivity index (χ4n) is 0.115. The van der Waals surface area contributed by atoms with Gasteiger partial charge in [0.15, 0.2) is 0 Å². The first-order valence-corrected chi connectivity index (χ1v) is 3.86. The molecule has 0 bridgehead atoms. The van der Waals surface area contributed by atoms with E-state index in [1.807, 2.05) is 0 Å². The lowest BCUT2D eigenvalue weighted by atomic mass is 11.0. The minimum Gasteiger partial charge on any atom is -0.344 e. The Morgan fingerprint density at radius 2 is 1.88 bits per heavy atom. The van der Waals surface area contributed by atoms with Crippen molar-refractivity contribution in [3.8, 4) is 0 Å². The summed E-state index contributed by atoms with van der Waals surface area (Å²) in [5, 5.41) is 0. The topological polar surface area (TPSA) is 89.4 Å². The van der Waals surface area contributed by atoms with E-state index in [0.29, 0.717) is 0 Å². The zero-order chi connectivity index (χ0) is 5.91. The highest BCUT2D eigenvalue weighted by Crippen LogP contribution is 1.81. The van der Waals surface area contributed by atoms with Crippen molar-refractivity contribution in [1.82, 2.24) is 6.15 Å². The van der Waals surface area contributed by atoms with Gasteiger partial charge in [-0.2, -0.15) is 21.0 Å². The molecule has 52 valence electrons. The van der Waals surface area contributed by atoms with E-state index in [9.17, 15) is 8.42 Å². The maximum atomic E-state index is 9.74. The summed E-state index contributed by atoms with van der Waals surface area (Å²) in [7, 11) is -3.75. The summed E-state index contributed by atoms with van der Waals surface area (Å²) >= 11 is 3.57. The number of thiol groups is 1. The van der Waals surface area contributed by atoms with E-state index < -0.39 is 10.1 Å². The van der Waals surface area contributed by atoms with Crippen LogP contribution in [0.2, 0.25) is 0 Å². The molecule has 8 heavy (non-hydrogen) atoms. The lowest BCUT2D eigenvalue weighted by molar-refractivity contribution is 0.485. The van der Waals surface area contributed by atoms with Crippen molar-refractivity contribution in [2.24, 2.45) is 0 Å². The molecule has 0 saturated carbocycles. The molecule has 6 heteroatoms. The second kappa shape index (κ2) is 4.13. The van der Waals surface area contributed by atoms with Gasteiger partial charge in [0.25, 0.3) is 10.1 Å². The van der Waals surface area contributed by atoms with Gasteiger partial charge in [0.1, 0.15) is 0 Å². The second-order valence-corrected chi connectivity index (χ2v) is 3.03. The molecular weight excluding hydrogens is 150 g/mol. The van der Waals surface area contributed by atoms with Crippen molar-refractivity contribution in [3.63, 3.8) is 0 Å². The summed E-state index contributed by atoms with van der Waals surface area (Å²) in [5.41, 5.74) is 0. The van der Waals surface area contributed by atoms with Crippen LogP contribution in [0.15, 0.2) is 0 Å². The van der Waals surface area contributed by atoms with E-state index in [1.54, 1.807) is 0 Å². The molecule has 0 aromatic heterocycles. The standard InChI is InChI=1S/C2H6O3S2.H3N/c3-7(4,5)2-1-6;/h6H,1-2H2,(H,3,4,5);1H3. The van der Waals surface area contributed by atoms with Gasteiger partial charge in [-0.15, -0.1) is 0 Å². The van der Waals surface area contributed by atoms with Crippen LogP contribution in [0, 0.1) is 0 Å². The van der Waals surface area contributed by atoms with Crippen LogP contribution in [-0.4, -0.2) is 24.5 Å². The molecule has 4 N–H and O–H groups in total. The lowest BCUT2D eigenvalue weighted by Crippen LogP contribution is -2.03. The molecular formula is C2H9NO3S2. The Hall–Kier alpha value is 0.220. The highest BCUT2D eigenvalue weighted by molar-refractivity contribution is 7.87. The van der Waals surface area contributed by atoms with E-state index in [1.165, 1.54) is 0 Å². The van der Waals surface area contributed by atoms with Crippen molar-refractivity contribution < 1.29 is 13.0 Å². The third kappa shape index (κ3) is 9.52. The summed E-state index contributed by atoms with van der Waals surface area (Å²) in [6, 6.07) is 0. The molecule has 0 spiro atoms. The Morgan fingerprint density at radius 1 is 1.50 bits per heavy atom. The molecule has 0 aliphatic heterocycles. The molecule has 0 fully saturated rings. The first-order chi connectivity index (χ1) is 3.06. The van der Waals surface area contributed by atoms with E-state index in [-0.39, 0.29) is 17.7 Å². The van der Waals surface area contributed by atoms with Crippen molar-refractivity contribution in [2.45, 2.75) is 0 Å². The molecule has 0 heterocycles. The highest BCUT2D eigenvalue weighted by Gasteiger charge is 1.98. The predicted molar refractivity (Wildman–Crippen MR) is 35.3 cm³/mol. The largest absolute Gasteiger partial charge is 0.344 e. The van der Waals surface area contributed by atoms with Crippen LogP contribution in [0.4, 0.5) is 0 Å². The van der Waals surface area contributed by atoms with Crippen molar-refractivity contribution in [2.75, 3.05) is 11.5 Å². The molecule has 0 amide bonds. The van der Waals surface area contributed by atoms with Gasteiger partial charge in [0.05, 0.1) is 5.75 Å². The fourth-order valence-corrected chi connectivity index (χ4v) is 1.04. The fraction of sp³-hybridized carbons (Fsp3) is 1.00. The van der Waals surface area contributed by atoms with Gasteiger partial charge in [-0.3, -0.25) is 4.55 Å². The van der Waals surface area contributed by atoms with Gasteiger partial charge in [-0.25, -0.2) is 0 Å². The summed E-state index contributed by atoms with van der Waals surface area (Å²) in [5.74, 6) is -0.102. The molecule has 4 nitrogen and oxygen atoms in total. The summed E-state index contributed by atoms with van der Waals surface area (Å²) in [6.07, 6.45) is 0. The van der Waals surface area contributed by atoms with Crippen molar-refractivity contribution in [3.05, 3.63) is 0 Å².